The van der Waals surface area contributed by atoms with E-state index in [0.29, 0.717) is 10.7 Å². The van der Waals surface area contributed by atoms with Crippen LogP contribution in [0.3, 0.4) is 0 Å². The molecule has 2 N–H and O–H groups in total. The Bertz CT molecular complexity index is 1430. The van der Waals surface area contributed by atoms with E-state index in [2.05, 4.69) is 36.3 Å². The zero-order valence-electron chi connectivity index (χ0n) is 22.6. The fourth-order valence-electron chi connectivity index (χ4n) is 4.23. The van der Waals surface area contributed by atoms with Gasteiger partial charge in [-0.15, -0.1) is 13.2 Å². The van der Waals surface area contributed by atoms with E-state index < -0.39 is 48.3 Å². The molecule has 0 saturated carbocycles. The minimum absolute atomic E-state index is 0.0138. The maximum atomic E-state index is 12.9. The zero-order valence-corrected chi connectivity index (χ0v) is 25.0. The normalized spacial score (nSPS) is 17.0. The number of ether oxygens (including phenoxy) is 4. The summed E-state index contributed by atoms with van der Waals surface area (Å²) in [4.78, 5) is 29.3. The second-order valence-electron chi connectivity index (χ2n) is 9.67. The topological polar surface area (TPSA) is 113 Å². The van der Waals surface area contributed by atoms with Crippen molar-refractivity contribution in [2.75, 3.05) is 13.7 Å². The Labute approximate surface area is 252 Å². The lowest BCUT2D eigenvalue weighted by Gasteiger charge is -2.27. The van der Waals surface area contributed by atoms with Crippen molar-refractivity contribution in [3.05, 3.63) is 69.4 Å². The number of hydrogen-bond donors (Lipinski definition) is 2. The summed E-state index contributed by atoms with van der Waals surface area (Å²) in [7, 11) is 1.42. The number of halogens is 5. The first-order valence-corrected chi connectivity index (χ1v) is 13.8. The van der Waals surface area contributed by atoms with E-state index in [1.54, 1.807) is 42.7 Å². The van der Waals surface area contributed by atoms with Crippen molar-refractivity contribution in [1.82, 2.24) is 20.2 Å². The number of carbonyl (C=O) groups is 2. The molecule has 0 radical (unpaired) electrons. The molecule has 1 saturated heterocycles. The average molecular weight is 676 g/mol. The number of aromatic nitrogens is 2. The molecule has 10 nitrogen and oxygen atoms in total. The van der Waals surface area contributed by atoms with E-state index in [1.807, 2.05) is 0 Å². The van der Waals surface area contributed by atoms with Crippen LogP contribution in [-0.2, 0) is 25.6 Å². The summed E-state index contributed by atoms with van der Waals surface area (Å²) in [6.45, 7) is 3.70. The summed E-state index contributed by atoms with van der Waals surface area (Å²) in [5.74, 6) is -2.50. The van der Waals surface area contributed by atoms with Gasteiger partial charge in [0, 0.05) is 18.1 Å². The summed E-state index contributed by atoms with van der Waals surface area (Å²) in [6, 6.07) is 11.0. The van der Waals surface area contributed by atoms with Crippen molar-refractivity contribution in [3.63, 3.8) is 0 Å². The number of carbonyl (C=O) groups excluding carboxylic acids is 2. The van der Waals surface area contributed by atoms with Crippen LogP contribution < -0.4 is 20.1 Å². The standard InChI is InChI=1S/C27H27BrClF3N4O6/c1-26(2)39-14-19(42-26)22(34-21(38)12-20(37)33-3)23-24(28)35-25(36(23)13-15-7-9-16(29)10-8-15)40-17-5-4-6-18(11-17)41-27(30,31)32/h4-11,19,22H,12-14H2,1-3H3,(H,33,37)(H,34,38). The monoisotopic (exact) mass is 674 g/mol. The summed E-state index contributed by atoms with van der Waals surface area (Å²) in [6.07, 6.45) is -6.04. The number of nitrogens with one attached hydrogen (secondary N) is 2. The lowest BCUT2D eigenvalue weighted by molar-refractivity contribution is -0.274. The SMILES string of the molecule is CNC(=O)CC(=O)NC(c1c(Br)nc(Oc2cccc(OC(F)(F)F)c2)n1Cc1ccc(Cl)cc1)C1COC(C)(C)O1. The quantitative estimate of drug-likeness (QED) is 0.274. The molecule has 4 rings (SSSR count). The highest BCUT2D eigenvalue weighted by Gasteiger charge is 2.42. The molecule has 1 aliphatic rings. The largest absolute Gasteiger partial charge is 0.573 e. The minimum atomic E-state index is -4.89. The van der Waals surface area contributed by atoms with Crippen LogP contribution in [0.5, 0.6) is 17.5 Å². The first-order chi connectivity index (χ1) is 19.7. The van der Waals surface area contributed by atoms with E-state index in [4.69, 9.17) is 25.8 Å². The Kier molecular flexibility index (Phi) is 9.70. The van der Waals surface area contributed by atoms with Crippen LogP contribution in [0.15, 0.2) is 53.1 Å². The third kappa shape index (κ3) is 8.37. The van der Waals surface area contributed by atoms with Gasteiger partial charge in [-0.05, 0) is 59.6 Å². The summed E-state index contributed by atoms with van der Waals surface area (Å²) in [5, 5.41) is 5.77. The smallest absolute Gasteiger partial charge is 0.425 e. The van der Waals surface area contributed by atoms with Gasteiger partial charge in [-0.3, -0.25) is 14.2 Å². The van der Waals surface area contributed by atoms with E-state index in [0.717, 1.165) is 17.7 Å². The Morgan fingerprint density at radius 1 is 1.19 bits per heavy atom. The number of alkyl halides is 3. The molecular weight excluding hydrogens is 649 g/mol. The third-order valence-corrected chi connectivity index (χ3v) is 6.88. The van der Waals surface area contributed by atoms with Gasteiger partial charge in [-0.2, -0.15) is 4.98 Å². The predicted molar refractivity (Wildman–Crippen MR) is 148 cm³/mol. The highest BCUT2D eigenvalue weighted by atomic mass is 79.9. The Morgan fingerprint density at radius 3 is 2.50 bits per heavy atom. The third-order valence-electron chi connectivity index (χ3n) is 6.04. The Morgan fingerprint density at radius 2 is 1.88 bits per heavy atom. The summed E-state index contributed by atoms with van der Waals surface area (Å²) >= 11 is 9.53. The van der Waals surface area contributed by atoms with Gasteiger partial charge in [0.1, 0.15) is 34.7 Å². The van der Waals surface area contributed by atoms with Gasteiger partial charge in [0.2, 0.25) is 11.8 Å². The molecule has 226 valence electrons. The number of benzene rings is 2. The molecule has 2 amide bonds. The second-order valence-corrected chi connectivity index (χ2v) is 10.9. The molecule has 2 unspecified atom stereocenters. The number of amides is 2. The predicted octanol–water partition coefficient (Wildman–Crippen LogP) is 5.48. The molecule has 1 aromatic heterocycles. The fourth-order valence-corrected chi connectivity index (χ4v) is 4.97. The number of imidazole rings is 1. The molecule has 2 heterocycles. The van der Waals surface area contributed by atoms with Crippen molar-refractivity contribution in [2.24, 2.45) is 0 Å². The van der Waals surface area contributed by atoms with E-state index in [9.17, 15) is 22.8 Å². The molecule has 1 aliphatic heterocycles. The number of nitrogens with zero attached hydrogens (tertiary/aromatic N) is 2. The van der Waals surface area contributed by atoms with Gasteiger partial charge >= 0.3 is 12.4 Å². The molecule has 2 atom stereocenters. The van der Waals surface area contributed by atoms with Crippen LogP contribution in [-0.4, -0.2) is 53.3 Å². The minimum Gasteiger partial charge on any atom is -0.425 e. The lowest BCUT2D eigenvalue weighted by Crippen LogP contribution is -2.41. The van der Waals surface area contributed by atoms with Gasteiger partial charge in [0.05, 0.1) is 18.8 Å². The van der Waals surface area contributed by atoms with E-state index >= 15 is 0 Å². The molecule has 1 fully saturated rings. The van der Waals surface area contributed by atoms with Gasteiger partial charge in [0.15, 0.2) is 5.79 Å². The van der Waals surface area contributed by atoms with Crippen LogP contribution >= 0.6 is 27.5 Å². The van der Waals surface area contributed by atoms with Crippen molar-refractivity contribution in [3.8, 4) is 17.5 Å². The maximum absolute atomic E-state index is 12.9. The molecule has 0 aliphatic carbocycles. The van der Waals surface area contributed by atoms with Crippen molar-refractivity contribution < 1.29 is 41.7 Å². The molecule has 3 aromatic rings. The van der Waals surface area contributed by atoms with Crippen molar-refractivity contribution >= 4 is 39.3 Å². The van der Waals surface area contributed by atoms with E-state index in [-0.39, 0.29) is 29.5 Å². The molecule has 2 aromatic carbocycles. The first kappa shape index (κ1) is 31.6. The number of hydrogen-bond acceptors (Lipinski definition) is 7. The Balaban J connectivity index is 1.78. The molecule has 0 bridgehead atoms. The zero-order chi connectivity index (χ0) is 30.7. The van der Waals surface area contributed by atoms with Crippen LogP contribution in [0.2, 0.25) is 5.02 Å². The van der Waals surface area contributed by atoms with Crippen molar-refractivity contribution in [1.29, 1.82) is 0 Å². The van der Waals surface area contributed by atoms with Gasteiger partial charge in [-0.1, -0.05) is 29.8 Å². The van der Waals surface area contributed by atoms with Gasteiger partial charge in [-0.25, -0.2) is 0 Å². The van der Waals surface area contributed by atoms with Crippen LogP contribution in [0.25, 0.3) is 0 Å². The van der Waals surface area contributed by atoms with Crippen LogP contribution in [0.1, 0.15) is 37.6 Å². The van der Waals surface area contributed by atoms with Crippen LogP contribution in [0, 0.1) is 0 Å². The highest BCUT2D eigenvalue weighted by molar-refractivity contribution is 9.10. The first-order valence-electron chi connectivity index (χ1n) is 12.6. The average Bonchev–Trinajstić information content (AvgIpc) is 3.40. The van der Waals surface area contributed by atoms with E-state index in [1.165, 1.54) is 19.2 Å². The second kappa shape index (κ2) is 12.9. The van der Waals surface area contributed by atoms with Gasteiger partial charge in [0.25, 0.3) is 0 Å². The van der Waals surface area contributed by atoms with Gasteiger partial charge < -0.3 is 29.6 Å². The van der Waals surface area contributed by atoms with Crippen molar-refractivity contribution in [2.45, 2.75) is 51.1 Å². The summed E-state index contributed by atoms with van der Waals surface area (Å²) in [5.41, 5.74) is 1.17. The summed E-state index contributed by atoms with van der Waals surface area (Å²) < 4.78 is 62.1. The molecule has 0 spiro atoms. The fraction of sp³-hybridized carbons (Fsp3) is 0.370. The molecular formula is C27H27BrClF3N4O6. The maximum Gasteiger partial charge on any atom is 0.573 e. The molecule has 42 heavy (non-hydrogen) atoms. The highest BCUT2D eigenvalue weighted by Crippen LogP contribution is 2.38. The Hall–Kier alpha value is -3.33. The lowest BCUT2D eigenvalue weighted by atomic mass is 10.1. The number of rotatable bonds is 10. The van der Waals surface area contributed by atoms with Crippen LogP contribution in [0.4, 0.5) is 13.2 Å². The molecule has 15 heteroatoms.